The fraction of sp³-hybridized carbons (Fsp3) is 0.409. The zero-order valence-electron chi connectivity index (χ0n) is 17.9. The van der Waals surface area contributed by atoms with E-state index in [4.69, 9.17) is 4.42 Å². The van der Waals surface area contributed by atoms with Crippen LogP contribution in [-0.2, 0) is 14.8 Å². The summed E-state index contributed by atoms with van der Waals surface area (Å²) in [4.78, 5) is 29.1. The molecule has 1 aromatic heterocycles. The maximum atomic E-state index is 12.9. The molecule has 0 saturated carbocycles. The summed E-state index contributed by atoms with van der Waals surface area (Å²) in [5.41, 5.74) is 0.454. The second-order valence-electron chi connectivity index (χ2n) is 8.01. The van der Waals surface area contributed by atoms with Crippen LogP contribution < -0.4 is 5.32 Å². The average Bonchev–Trinajstić information content (AvgIpc) is 3.46. The number of likely N-dealkylation sites (tertiary alicyclic amines) is 2. The summed E-state index contributed by atoms with van der Waals surface area (Å²) in [5.74, 6) is 0.134. The van der Waals surface area contributed by atoms with Crippen molar-refractivity contribution in [3.63, 3.8) is 0 Å². The van der Waals surface area contributed by atoms with E-state index >= 15 is 0 Å². The summed E-state index contributed by atoms with van der Waals surface area (Å²) < 4.78 is 34.3. The SMILES string of the molecule is CN1CCC/C1=N\S(=O)(=O)c1ccc(NC(=O)C2CCCCN2C(=O)c2ccco2)cc1. The van der Waals surface area contributed by atoms with Crippen LogP contribution >= 0.6 is 0 Å². The molecule has 0 aliphatic carbocycles. The third-order valence-corrected chi connectivity index (χ3v) is 7.10. The van der Waals surface area contributed by atoms with Gasteiger partial charge in [-0.2, -0.15) is 8.42 Å². The number of benzene rings is 1. The number of hydrogen-bond donors (Lipinski definition) is 1. The van der Waals surface area contributed by atoms with Crippen molar-refractivity contribution < 1.29 is 22.4 Å². The van der Waals surface area contributed by atoms with Gasteiger partial charge in [0.2, 0.25) is 5.91 Å². The van der Waals surface area contributed by atoms with Gasteiger partial charge in [0.05, 0.1) is 11.2 Å². The van der Waals surface area contributed by atoms with Crippen LogP contribution in [0.2, 0.25) is 0 Å². The highest BCUT2D eigenvalue weighted by atomic mass is 32.2. The number of carbonyl (C=O) groups excluding carboxylic acids is 2. The number of nitrogens with one attached hydrogen (secondary N) is 1. The van der Waals surface area contributed by atoms with E-state index in [0.29, 0.717) is 30.9 Å². The van der Waals surface area contributed by atoms with Crippen molar-refractivity contribution in [3.8, 4) is 0 Å². The predicted octanol–water partition coefficient (Wildman–Crippen LogP) is 2.73. The second kappa shape index (κ2) is 9.15. The molecular weight excluding hydrogens is 432 g/mol. The monoisotopic (exact) mass is 458 g/mol. The largest absolute Gasteiger partial charge is 0.459 e. The number of anilines is 1. The molecule has 0 radical (unpaired) electrons. The molecule has 2 amide bonds. The van der Waals surface area contributed by atoms with Gasteiger partial charge in [-0.1, -0.05) is 0 Å². The Balaban J connectivity index is 1.45. The molecule has 1 unspecified atom stereocenters. The lowest BCUT2D eigenvalue weighted by molar-refractivity contribution is -0.121. The molecule has 0 bridgehead atoms. The van der Waals surface area contributed by atoms with Gasteiger partial charge >= 0.3 is 0 Å². The molecular formula is C22H26N4O5S. The van der Waals surface area contributed by atoms with Crippen molar-refractivity contribution in [2.24, 2.45) is 4.40 Å². The summed E-state index contributed by atoms with van der Waals surface area (Å²) in [7, 11) is -1.99. The molecule has 0 spiro atoms. The molecule has 9 nitrogen and oxygen atoms in total. The summed E-state index contributed by atoms with van der Waals surface area (Å²) in [6.07, 6.45) is 5.16. The Morgan fingerprint density at radius 2 is 1.88 bits per heavy atom. The molecule has 2 aliphatic heterocycles. The van der Waals surface area contributed by atoms with Crippen LogP contribution in [0.1, 0.15) is 42.7 Å². The van der Waals surface area contributed by atoms with Crippen LogP contribution in [0.3, 0.4) is 0 Å². The van der Waals surface area contributed by atoms with Crippen LogP contribution in [0, 0.1) is 0 Å². The van der Waals surface area contributed by atoms with Gasteiger partial charge in [-0.3, -0.25) is 9.59 Å². The molecule has 2 aromatic rings. The zero-order chi connectivity index (χ0) is 22.7. The van der Waals surface area contributed by atoms with Crippen molar-refractivity contribution in [2.75, 3.05) is 25.5 Å². The Labute approximate surface area is 187 Å². The zero-order valence-corrected chi connectivity index (χ0v) is 18.7. The summed E-state index contributed by atoms with van der Waals surface area (Å²) in [6, 6.07) is 8.52. The standard InChI is InChI=1S/C22H26N4O5S/c1-25-13-4-8-20(25)24-32(29,30)17-11-9-16(10-12-17)23-21(27)18-6-2-3-14-26(18)22(28)19-7-5-15-31-19/h5,7,9-12,15,18H,2-4,6,8,13-14H2,1H3,(H,23,27)/b24-20+. The van der Waals surface area contributed by atoms with Crippen molar-refractivity contribution in [2.45, 2.75) is 43.0 Å². The van der Waals surface area contributed by atoms with Crippen LogP contribution in [0.5, 0.6) is 0 Å². The molecule has 32 heavy (non-hydrogen) atoms. The number of rotatable bonds is 5. The van der Waals surface area contributed by atoms with Crippen LogP contribution in [0.4, 0.5) is 5.69 Å². The average molecular weight is 459 g/mol. The Morgan fingerprint density at radius 1 is 1.09 bits per heavy atom. The molecule has 1 N–H and O–H groups in total. The topological polar surface area (TPSA) is 112 Å². The van der Waals surface area contributed by atoms with Crippen LogP contribution in [-0.4, -0.2) is 62.0 Å². The smallest absolute Gasteiger partial charge is 0.290 e. The quantitative estimate of drug-likeness (QED) is 0.737. The maximum absolute atomic E-state index is 12.9. The minimum atomic E-state index is -3.82. The summed E-state index contributed by atoms with van der Waals surface area (Å²) in [6.45, 7) is 1.27. The van der Waals surface area contributed by atoms with Gasteiger partial charge in [0, 0.05) is 32.2 Å². The number of nitrogens with zero attached hydrogens (tertiary/aromatic N) is 3. The molecule has 2 saturated heterocycles. The highest BCUT2D eigenvalue weighted by molar-refractivity contribution is 7.90. The van der Waals surface area contributed by atoms with E-state index in [9.17, 15) is 18.0 Å². The minimum Gasteiger partial charge on any atom is -0.459 e. The van der Waals surface area contributed by atoms with Gasteiger partial charge in [-0.25, -0.2) is 0 Å². The van der Waals surface area contributed by atoms with Gasteiger partial charge < -0.3 is 19.5 Å². The van der Waals surface area contributed by atoms with Gasteiger partial charge in [-0.15, -0.1) is 4.40 Å². The fourth-order valence-electron chi connectivity index (χ4n) is 4.03. The van der Waals surface area contributed by atoms with Crippen molar-refractivity contribution >= 4 is 33.4 Å². The first kappa shape index (κ1) is 22.1. The van der Waals surface area contributed by atoms with E-state index in [1.807, 2.05) is 11.9 Å². The summed E-state index contributed by atoms with van der Waals surface area (Å²) in [5, 5.41) is 2.80. The Kier molecular flexibility index (Phi) is 6.31. The molecule has 3 heterocycles. The molecule has 170 valence electrons. The van der Waals surface area contributed by atoms with Crippen LogP contribution in [0.15, 0.2) is 56.4 Å². The van der Waals surface area contributed by atoms with Gasteiger partial charge in [0.1, 0.15) is 11.9 Å². The lowest BCUT2D eigenvalue weighted by Crippen LogP contribution is -2.49. The van der Waals surface area contributed by atoms with Gasteiger partial charge in [0.25, 0.3) is 15.9 Å². The number of sulfonamides is 1. The van der Waals surface area contributed by atoms with Gasteiger partial charge in [0.15, 0.2) is 5.76 Å². The van der Waals surface area contributed by atoms with E-state index in [-0.39, 0.29) is 22.5 Å². The highest BCUT2D eigenvalue weighted by Gasteiger charge is 2.33. The fourth-order valence-corrected chi connectivity index (χ4v) is 5.12. The van der Waals surface area contributed by atoms with Crippen LogP contribution in [0.25, 0.3) is 0 Å². The third kappa shape index (κ3) is 4.69. The normalized spacial score (nSPS) is 20.5. The molecule has 1 aromatic carbocycles. The number of carbonyl (C=O) groups is 2. The number of hydrogen-bond acceptors (Lipinski definition) is 5. The van der Waals surface area contributed by atoms with E-state index in [2.05, 4.69) is 9.71 Å². The Morgan fingerprint density at radius 3 is 2.53 bits per heavy atom. The van der Waals surface area contributed by atoms with Crippen molar-refractivity contribution in [3.05, 3.63) is 48.4 Å². The first-order chi connectivity index (χ1) is 15.3. The van der Waals surface area contributed by atoms with E-state index in [1.165, 1.54) is 35.4 Å². The second-order valence-corrected chi connectivity index (χ2v) is 9.61. The Bertz CT molecular complexity index is 1110. The number of furan rings is 1. The third-order valence-electron chi connectivity index (χ3n) is 5.78. The maximum Gasteiger partial charge on any atom is 0.290 e. The highest BCUT2D eigenvalue weighted by Crippen LogP contribution is 2.23. The number of amidine groups is 1. The lowest BCUT2D eigenvalue weighted by Gasteiger charge is -2.34. The molecule has 10 heteroatoms. The van der Waals surface area contributed by atoms with Crippen molar-refractivity contribution in [1.29, 1.82) is 0 Å². The van der Waals surface area contributed by atoms with Gasteiger partial charge in [-0.05, 0) is 62.1 Å². The number of piperidine rings is 1. The molecule has 4 rings (SSSR count). The Hall–Kier alpha value is -3.14. The van der Waals surface area contributed by atoms with E-state index in [0.717, 1.165) is 25.8 Å². The summed E-state index contributed by atoms with van der Waals surface area (Å²) >= 11 is 0. The predicted molar refractivity (Wildman–Crippen MR) is 119 cm³/mol. The van der Waals surface area contributed by atoms with E-state index in [1.54, 1.807) is 12.1 Å². The lowest BCUT2D eigenvalue weighted by atomic mass is 10.0. The first-order valence-corrected chi connectivity index (χ1v) is 12.1. The molecule has 2 fully saturated rings. The minimum absolute atomic E-state index is 0.0654. The van der Waals surface area contributed by atoms with E-state index < -0.39 is 16.1 Å². The molecule has 1 atom stereocenters. The number of amides is 2. The first-order valence-electron chi connectivity index (χ1n) is 10.7. The molecule has 2 aliphatic rings. The van der Waals surface area contributed by atoms with Crippen molar-refractivity contribution in [1.82, 2.24) is 9.80 Å².